The quantitative estimate of drug-likeness (QED) is 0.697. The molecule has 0 saturated carbocycles. The summed E-state index contributed by atoms with van der Waals surface area (Å²) in [6.07, 6.45) is -3.85. The van der Waals surface area contributed by atoms with E-state index in [1.54, 1.807) is 18.2 Å². The number of aromatic nitrogens is 2. The first kappa shape index (κ1) is 21.0. The van der Waals surface area contributed by atoms with E-state index in [1.807, 2.05) is 0 Å². The normalized spacial score (nSPS) is 22.1. The molecule has 2 N–H and O–H groups in total. The molecule has 31 heavy (non-hydrogen) atoms. The number of fused-ring (bicyclic) bond motifs is 2. The molecule has 2 aromatic rings. The van der Waals surface area contributed by atoms with Gasteiger partial charge >= 0.3 is 6.36 Å². The van der Waals surface area contributed by atoms with E-state index in [2.05, 4.69) is 15.9 Å². The van der Waals surface area contributed by atoms with Crippen molar-refractivity contribution >= 4 is 5.91 Å². The molecule has 1 unspecified atom stereocenters. The Bertz CT molecular complexity index is 1020. The van der Waals surface area contributed by atoms with Crippen molar-refractivity contribution in [3.8, 4) is 17.7 Å². The second-order valence-electron chi connectivity index (χ2n) is 7.60. The van der Waals surface area contributed by atoms with Crippen LogP contribution in [0.3, 0.4) is 0 Å². The summed E-state index contributed by atoms with van der Waals surface area (Å²) in [4.78, 5) is 11.4. The zero-order chi connectivity index (χ0) is 22.2. The number of amides is 1. The molecule has 1 aromatic heterocycles. The van der Waals surface area contributed by atoms with Crippen LogP contribution in [0.2, 0.25) is 0 Å². The maximum atomic E-state index is 12.4. The highest BCUT2D eigenvalue weighted by molar-refractivity contribution is 5.91. The Balaban J connectivity index is 1.56. The van der Waals surface area contributed by atoms with Crippen molar-refractivity contribution in [1.82, 2.24) is 9.78 Å². The molecule has 0 aliphatic carbocycles. The summed E-state index contributed by atoms with van der Waals surface area (Å²) in [7, 11) is 0. The van der Waals surface area contributed by atoms with Gasteiger partial charge in [-0.25, -0.2) is 4.68 Å². The van der Waals surface area contributed by atoms with E-state index in [0.29, 0.717) is 23.6 Å². The Morgan fingerprint density at radius 3 is 2.90 bits per heavy atom. The maximum Gasteiger partial charge on any atom is 0.522 e. The summed E-state index contributed by atoms with van der Waals surface area (Å²) in [6, 6.07) is 8.63. The van der Waals surface area contributed by atoms with Gasteiger partial charge in [0.2, 0.25) is 5.88 Å². The van der Waals surface area contributed by atoms with E-state index in [0.717, 1.165) is 5.56 Å². The monoisotopic (exact) mass is 436 g/mol. The van der Waals surface area contributed by atoms with Gasteiger partial charge in [-0.2, -0.15) is 10.4 Å². The fourth-order valence-electron chi connectivity index (χ4n) is 4.12. The Kier molecular flexibility index (Phi) is 5.26. The first-order chi connectivity index (χ1) is 14.7. The highest BCUT2D eigenvalue weighted by atomic mass is 19.4. The summed E-state index contributed by atoms with van der Waals surface area (Å²) in [5.74, 6) is 0.0619. The molecular weight excluding hydrogens is 417 g/mol. The fraction of sp³-hybridized carbons (Fsp3) is 0.450. The van der Waals surface area contributed by atoms with Crippen LogP contribution in [0.4, 0.5) is 13.2 Å². The van der Waals surface area contributed by atoms with Crippen molar-refractivity contribution in [3.05, 3.63) is 41.1 Å². The van der Waals surface area contributed by atoms with Crippen LogP contribution < -0.4 is 15.2 Å². The molecule has 2 atom stereocenters. The van der Waals surface area contributed by atoms with E-state index in [-0.39, 0.29) is 37.6 Å². The molecule has 11 heteroatoms. The van der Waals surface area contributed by atoms with Crippen LogP contribution in [0.15, 0.2) is 24.3 Å². The molecule has 164 valence electrons. The second-order valence-corrected chi connectivity index (χ2v) is 7.60. The number of nitriles is 1. The summed E-state index contributed by atoms with van der Waals surface area (Å²) in [5.41, 5.74) is 5.72. The fourth-order valence-corrected chi connectivity index (χ4v) is 4.12. The lowest BCUT2D eigenvalue weighted by Crippen LogP contribution is -2.48. The molecule has 2 aliphatic rings. The lowest BCUT2D eigenvalue weighted by Gasteiger charge is -2.38. The number of carbonyl (C=O) groups excluding carboxylic acids is 1. The van der Waals surface area contributed by atoms with Crippen molar-refractivity contribution in [2.75, 3.05) is 13.2 Å². The summed E-state index contributed by atoms with van der Waals surface area (Å²) in [6.45, 7) is 0.00166. The van der Waals surface area contributed by atoms with Crippen LogP contribution in [-0.2, 0) is 17.7 Å². The number of ether oxygens (including phenoxy) is 3. The molecule has 0 fully saturated rings. The van der Waals surface area contributed by atoms with E-state index in [1.165, 1.54) is 10.7 Å². The molecule has 4 rings (SSSR count). The molecule has 0 saturated heterocycles. The number of hydrogen-bond donors (Lipinski definition) is 1. The van der Waals surface area contributed by atoms with Gasteiger partial charge in [0.25, 0.3) is 5.91 Å². The van der Waals surface area contributed by atoms with Gasteiger partial charge < -0.3 is 15.2 Å². The highest BCUT2D eigenvalue weighted by Gasteiger charge is 2.48. The first-order valence-electron chi connectivity index (χ1n) is 9.62. The van der Waals surface area contributed by atoms with Gasteiger partial charge in [0.15, 0.2) is 5.69 Å². The summed E-state index contributed by atoms with van der Waals surface area (Å²) >= 11 is 0. The average molecular weight is 436 g/mol. The molecule has 3 heterocycles. The lowest BCUT2D eigenvalue weighted by atomic mass is 9.78. The van der Waals surface area contributed by atoms with Crippen molar-refractivity contribution in [2.45, 2.75) is 37.8 Å². The van der Waals surface area contributed by atoms with Crippen LogP contribution >= 0.6 is 0 Å². The van der Waals surface area contributed by atoms with E-state index in [9.17, 15) is 18.0 Å². The van der Waals surface area contributed by atoms with Gasteiger partial charge in [0.05, 0.1) is 31.4 Å². The number of nitrogens with two attached hydrogens (primary N) is 1. The number of rotatable bonds is 6. The third kappa shape index (κ3) is 4.29. The van der Waals surface area contributed by atoms with E-state index < -0.39 is 24.5 Å². The summed E-state index contributed by atoms with van der Waals surface area (Å²) in [5, 5.41) is 13.3. The van der Waals surface area contributed by atoms with Crippen LogP contribution in [0, 0.1) is 17.2 Å². The average Bonchev–Trinajstić information content (AvgIpc) is 3.27. The highest BCUT2D eigenvalue weighted by Crippen LogP contribution is 2.43. The van der Waals surface area contributed by atoms with Crippen LogP contribution in [0.1, 0.15) is 34.5 Å². The third-order valence-electron chi connectivity index (χ3n) is 5.57. The van der Waals surface area contributed by atoms with Gasteiger partial charge in [-0.05, 0) is 43.0 Å². The topological polar surface area (TPSA) is 112 Å². The Morgan fingerprint density at radius 1 is 1.42 bits per heavy atom. The Hall–Kier alpha value is -3.26. The van der Waals surface area contributed by atoms with Crippen molar-refractivity contribution in [2.24, 2.45) is 11.7 Å². The summed E-state index contributed by atoms with van der Waals surface area (Å²) < 4.78 is 54.6. The number of halogens is 3. The third-order valence-corrected chi connectivity index (χ3v) is 5.57. The van der Waals surface area contributed by atoms with Gasteiger partial charge in [-0.1, -0.05) is 0 Å². The van der Waals surface area contributed by atoms with Crippen LogP contribution in [-0.4, -0.2) is 40.9 Å². The molecule has 0 spiro atoms. The van der Waals surface area contributed by atoms with E-state index in [4.69, 9.17) is 20.5 Å². The van der Waals surface area contributed by atoms with Crippen molar-refractivity contribution in [1.29, 1.82) is 5.26 Å². The predicted octanol–water partition coefficient (Wildman–Crippen LogP) is 2.55. The standard InChI is InChI=1S/C20H19F3N4O4/c21-20(22,23)30-5-1-4-19(11-27-17(31-19)8-15(26-27)18(25)28)14-7-13-6-12(9-24)2-3-16(13)29-10-14/h2-3,6,8,14H,1,4-5,7,10-11H2,(H2,25,28)/t14-,19?/m1/s1. The molecular formula is C20H19F3N4O4. The minimum Gasteiger partial charge on any atom is -0.493 e. The van der Waals surface area contributed by atoms with Crippen molar-refractivity contribution < 1.29 is 32.2 Å². The number of benzene rings is 1. The smallest absolute Gasteiger partial charge is 0.493 e. The number of nitrogens with zero attached hydrogens (tertiary/aromatic N) is 3. The molecule has 2 aliphatic heterocycles. The molecule has 0 radical (unpaired) electrons. The van der Waals surface area contributed by atoms with Gasteiger partial charge in [0.1, 0.15) is 11.4 Å². The molecule has 1 amide bonds. The molecule has 8 nitrogen and oxygen atoms in total. The van der Waals surface area contributed by atoms with Crippen LogP contribution in [0.5, 0.6) is 11.6 Å². The number of carbonyl (C=O) groups is 1. The Morgan fingerprint density at radius 2 is 2.23 bits per heavy atom. The minimum atomic E-state index is -4.70. The number of hydrogen-bond acceptors (Lipinski definition) is 6. The zero-order valence-electron chi connectivity index (χ0n) is 16.3. The minimum absolute atomic E-state index is 0.0490. The molecule has 1 aromatic carbocycles. The van der Waals surface area contributed by atoms with Gasteiger partial charge in [-0.3, -0.25) is 9.53 Å². The van der Waals surface area contributed by atoms with E-state index >= 15 is 0 Å². The first-order valence-corrected chi connectivity index (χ1v) is 9.62. The second kappa shape index (κ2) is 7.77. The van der Waals surface area contributed by atoms with Gasteiger partial charge in [0, 0.05) is 12.0 Å². The predicted molar refractivity (Wildman–Crippen MR) is 99.2 cm³/mol. The van der Waals surface area contributed by atoms with Gasteiger partial charge in [-0.15, -0.1) is 13.2 Å². The molecule has 0 bridgehead atoms. The number of alkyl halides is 3. The number of primary amides is 1. The van der Waals surface area contributed by atoms with Crippen LogP contribution in [0.25, 0.3) is 0 Å². The maximum absolute atomic E-state index is 12.4. The Labute approximate surface area is 175 Å². The SMILES string of the molecule is N#Cc1ccc2c(c1)C[C@@H](C1(CCCOC(F)(F)F)Cn3nc(C(N)=O)cc3O1)CO2. The zero-order valence-corrected chi connectivity index (χ0v) is 16.3. The van der Waals surface area contributed by atoms with Crippen molar-refractivity contribution in [3.63, 3.8) is 0 Å². The lowest BCUT2D eigenvalue weighted by molar-refractivity contribution is -0.325. The largest absolute Gasteiger partial charge is 0.522 e.